The van der Waals surface area contributed by atoms with E-state index in [-0.39, 0.29) is 114 Å². The maximum Gasteiger partial charge on any atom is 0.612 e. The van der Waals surface area contributed by atoms with E-state index in [1.807, 2.05) is 0 Å². The van der Waals surface area contributed by atoms with E-state index in [1.54, 1.807) is 0 Å². The molecule has 17 nitrogen and oxygen atoms in total. The number of hydrogen-bond donors (Lipinski definition) is 2. The Morgan fingerprint density at radius 2 is 0.565 bits per heavy atom. The quantitative estimate of drug-likeness (QED) is 0.379. The molecule has 0 atom stereocenters. The minimum Gasteiger partial charge on any atom is -0.412 e. The zero-order chi connectivity index (χ0) is 7.84. The van der Waals surface area contributed by atoms with Gasteiger partial charge < -0.3 is 87.7 Å². The van der Waals surface area contributed by atoms with Crippen LogP contribution in [0.2, 0.25) is 0 Å². The predicted molar refractivity (Wildman–Crippen MR) is 80.5 cm³/mol. The van der Waals surface area contributed by atoms with E-state index in [0.717, 1.165) is 0 Å². The third kappa shape index (κ3) is 23.6. The molecule has 0 unspecified atom stereocenters. The van der Waals surface area contributed by atoms with Crippen molar-refractivity contribution in [3.05, 3.63) is 0 Å². The van der Waals surface area contributed by atoms with Gasteiger partial charge in [0.15, 0.2) is 0 Å². The van der Waals surface area contributed by atoms with E-state index in [0.29, 0.717) is 0 Å². The molecule has 2 rings (SSSR count). The van der Waals surface area contributed by atoms with Crippen LogP contribution >= 0.6 is 0 Å². The Balaban J connectivity index is -0.0000000133. The van der Waals surface area contributed by atoms with Crippen LogP contribution in [0.25, 0.3) is 0 Å². The smallest absolute Gasteiger partial charge is 0.412 e. The van der Waals surface area contributed by atoms with Crippen LogP contribution in [0, 0.1) is 0 Å². The molecule has 2 radical (unpaired) electrons. The zero-order valence-electron chi connectivity index (χ0n) is 12.2. The summed E-state index contributed by atoms with van der Waals surface area (Å²) in [5.74, 6) is 0. The molecule has 2 saturated heterocycles. The molecule has 2 aliphatic rings. The first-order valence-corrected chi connectivity index (χ1v) is 2.87. The molecule has 0 aromatic rings. The predicted octanol–water partition coefficient (Wildman–Crippen LogP) is -12.0. The molecule has 2 aliphatic heterocycles. The SMILES string of the molecule is O.O.O.O.O.O.O.O.O.O.OB1OB2OB(O)OB(O1)O2.[Na].[Na]. The summed E-state index contributed by atoms with van der Waals surface area (Å²) in [5, 5.41) is 17.5. The summed E-state index contributed by atoms with van der Waals surface area (Å²) in [6.07, 6.45) is 0. The monoisotopic (exact) mass is 384 g/mol. The second-order valence-electron chi connectivity index (χ2n) is 1.87. The zero-order valence-corrected chi connectivity index (χ0v) is 16.2. The summed E-state index contributed by atoms with van der Waals surface area (Å²) < 4.78 is 22.6. The van der Waals surface area contributed by atoms with Gasteiger partial charge in [0, 0.05) is 59.1 Å². The average Bonchev–Trinajstić information content (AvgIpc) is 1.82. The normalized spacial score (nSPS) is 11.7. The van der Waals surface area contributed by atoms with Gasteiger partial charge >= 0.3 is 29.3 Å². The molecule has 0 aromatic heterocycles. The van der Waals surface area contributed by atoms with Gasteiger partial charge in [-0.2, -0.15) is 0 Å². The Morgan fingerprint density at radius 3 is 0.739 bits per heavy atom. The molecule has 0 spiro atoms. The van der Waals surface area contributed by atoms with E-state index in [2.05, 4.69) is 22.9 Å². The molecule has 0 aromatic carbocycles. The van der Waals surface area contributed by atoms with Crippen molar-refractivity contribution in [1.82, 2.24) is 0 Å². The third-order valence-corrected chi connectivity index (χ3v) is 1.13. The molecule has 2 fully saturated rings. The minimum atomic E-state index is -1.45. The Labute approximate surface area is 175 Å². The first-order chi connectivity index (χ1) is 5.24. The third-order valence-electron chi connectivity index (χ3n) is 1.13. The molecule has 0 saturated carbocycles. The van der Waals surface area contributed by atoms with Crippen molar-refractivity contribution >= 4 is 88.4 Å². The maximum absolute atomic E-state index is 8.74. The Bertz CT molecular complexity index is 130. The van der Waals surface area contributed by atoms with Gasteiger partial charge in [0.25, 0.3) is 0 Å². The number of rotatable bonds is 0. The van der Waals surface area contributed by atoms with Gasteiger partial charge in [-0.1, -0.05) is 0 Å². The van der Waals surface area contributed by atoms with Crippen molar-refractivity contribution in [2.75, 3.05) is 0 Å². The standard InChI is InChI=1S/B4H2O7.2Na.10H2O/c5-1-7-3-9-2(6)10-4(8-1)11-3;;;;;;;;;;;;/h5-6H;;;10*1H2. The van der Waals surface area contributed by atoms with Crippen molar-refractivity contribution in [3.8, 4) is 0 Å². The topological polar surface area (TPSA) is 402 Å². The van der Waals surface area contributed by atoms with E-state index in [9.17, 15) is 0 Å². The summed E-state index contributed by atoms with van der Waals surface area (Å²) in [6.45, 7) is 0. The van der Waals surface area contributed by atoms with E-state index in [4.69, 9.17) is 10.0 Å². The second kappa shape index (κ2) is 34.8. The minimum absolute atomic E-state index is 0. The molecule has 138 valence electrons. The number of hydrogen-bond acceptors (Lipinski definition) is 7. The Morgan fingerprint density at radius 1 is 0.391 bits per heavy atom. The Kier molecular flexibility index (Phi) is 112. The molecular formula is H22B4Na2O17. The van der Waals surface area contributed by atoms with Crippen molar-refractivity contribution in [3.63, 3.8) is 0 Å². The van der Waals surface area contributed by atoms with Gasteiger partial charge in [-0.3, -0.25) is 0 Å². The van der Waals surface area contributed by atoms with Crippen molar-refractivity contribution < 1.29 is 87.7 Å². The van der Waals surface area contributed by atoms with E-state index >= 15 is 0 Å². The van der Waals surface area contributed by atoms with Crippen LogP contribution in [0.4, 0.5) is 0 Å². The van der Waals surface area contributed by atoms with E-state index < -0.39 is 29.3 Å². The fourth-order valence-electron chi connectivity index (χ4n) is 0.728. The molecule has 23 heteroatoms. The summed E-state index contributed by atoms with van der Waals surface area (Å²) in [5.41, 5.74) is 0. The summed E-state index contributed by atoms with van der Waals surface area (Å²) >= 11 is 0. The maximum atomic E-state index is 8.74. The summed E-state index contributed by atoms with van der Waals surface area (Å²) in [4.78, 5) is 0. The molecular weight excluding hydrogens is 361 g/mol. The van der Waals surface area contributed by atoms with Crippen LogP contribution in [0.5, 0.6) is 0 Å². The largest absolute Gasteiger partial charge is 0.612 e. The van der Waals surface area contributed by atoms with Crippen LogP contribution < -0.4 is 0 Å². The fourth-order valence-corrected chi connectivity index (χ4v) is 0.728. The fraction of sp³-hybridized carbons (Fsp3) is 0. The average molecular weight is 383 g/mol. The molecule has 23 heavy (non-hydrogen) atoms. The van der Waals surface area contributed by atoms with Gasteiger partial charge in [-0.25, -0.2) is 0 Å². The van der Waals surface area contributed by atoms with E-state index in [1.165, 1.54) is 0 Å². The van der Waals surface area contributed by atoms with Gasteiger partial charge in [0.1, 0.15) is 0 Å². The first kappa shape index (κ1) is 74.1. The molecule has 22 N–H and O–H groups in total. The van der Waals surface area contributed by atoms with Gasteiger partial charge in [-0.05, 0) is 0 Å². The van der Waals surface area contributed by atoms with Crippen LogP contribution in [0.3, 0.4) is 0 Å². The first-order valence-electron chi connectivity index (χ1n) is 2.87. The van der Waals surface area contributed by atoms with Crippen molar-refractivity contribution in [1.29, 1.82) is 0 Å². The van der Waals surface area contributed by atoms with Crippen molar-refractivity contribution in [2.24, 2.45) is 0 Å². The molecule has 2 bridgehead atoms. The van der Waals surface area contributed by atoms with Crippen LogP contribution in [0.1, 0.15) is 0 Å². The van der Waals surface area contributed by atoms with Crippen molar-refractivity contribution in [2.45, 2.75) is 0 Å². The summed E-state index contributed by atoms with van der Waals surface area (Å²) in [7, 11) is -5.20. The molecule has 0 amide bonds. The molecule has 0 aliphatic carbocycles. The van der Waals surface area contributed by atoms with Crippen LogP contribution in [0.15, 0.2) is 0 Å². The number of fused-ring (bicyclic) bond motifs is 2. The summed E-state index contributed by atoms with van der Waals surface area (Å²) in [6, 6.07) is 0. The van der Waals surface area contributed by atoms with Crippen LogP contribution in [-0.4, -0.2) is 153 Å². The second-order valence-corrected chi connectivity index (χ2v) is 1.87. The van der Waals surface area contributed by atoms with Crippen LogP contribution in [-0.2, 0) is 22.9 Å². The molecule has 2 heterocycles. The van der Waals surface area contributed by atoms with Gasteiger partial charge in [-0.15, -0.1) is 0 Å². The Hall–Kier alpha value is 1.58. The van der Waals surface area contributed by atoms with Gasteiger partial charge in [0.2, 0.25) is 0 Å². The van der Waals surface area contributed by atoms with Gasteiger partial charge in [0.05, 0.1) is 0 Å².